The number of carboxylic acid groups (broad SMARTS) is 1. The van der Waals surface area contributed by atoms with Gasteiger partial charge in [-0.05, 0) is 25.3 Å². The molecule has 18 heavy (non-hydrogen) atoms. The fraction of sp³-hybridized carbons (Fsp3) is 0.333. The molecule has 6 heteroatoms. The van der Waals surface area contributed by atoms with E-state index in [0.717, 1.165) is 10.6 Å². The van der Waals surface area contributed by atoms with Gasteiger partial charge in [0, 0.05) is 4.90 Å². The van der Waals surface area contributed by atoms with Gasteiger partial charge in [-0.1, -0.05) is 12.1 Å². The highest BCUT2D eigenvalue weighted by Crippen LogP contribution is 2.24. The van der Waals surface area contributed by atoms with E-state index in [4.69, 9.17) is 5.11 Å². The van der Waals surface area contributed by atoms with Crippen molar-refractivity contribution in [1.82, 2.24) is 5.32 Å². The van der Waals surface area contributed by atoms with Crippen molar-refractivity contribution in [2.24, 2.45) is 0 Å². The summed E-state index contributed by atoms with van der Waals surface area (Å²) in [6.45, 7) is 1.46. The molecule has 0 saturated heterocycles. The number of rotatable bonds is 6. The molecule has 0 fully saturated rings. The molecule has 0 saturated carbocycles. The van der Waals surface area contributed by atoms with Crippen LogP contribution in [0.3, 0.4) is 0 Å². The van der Waals surface area contributed by atoms with Crippen molar-refractivity contribution < 1.29 is 14.7 Å². The number of benzene rings is 1. The van der Waals surface area contributed by atoms with Gasteiger partial charge < -0.3 is 10.4 Å². The molecule has 0 heterocycles. The lowest BCUT2D eigenvalue weighted by Crippen LogP contribution is -2.39. The number of anilines is 1. The van der Waals surface area contributed by atoms with Crippen LogP contribution in [0.5, 0.6) is 0 Å². The van der Waals surface area contributed by atoms with Gasteiger partial charge in [-0.2, -0.15) is 0 Å². The largest absolute Gasteiger partial charge is 0.480 e. The van der Waals surface area contributed by atoms with E-state index < -0.39 is 12.0 Å². The average molecular weight is 268 g/mol. The summed E-state index contributed by atoms with van der Waals surface area (Å²) in [5.74, 6) is -1.24. The van der Waals surface area contributed by atoms with Crippen LogP contribution >= 0.6 is 11.8 Å². The van der Waals surface area contributed by atoms with Gasteiger partial charge in [0.1, 0.15) is 6.04 Å². The second-order valence-electron chi connectivity index (χ2n) is 3.69. The van der Waals surface area contributed by atoms with E-state index in [-0.39, 0.29) is 12.5 Å². The minimum absolute atomic E-state index is 0.0316. The standard InChI is InChI=1S/C12H16N2O3S/c1-8(12(16)17)13-7-11(15)14-9-5-3-4-6-10(9)18-2/h3-6,8,13H,7H2,1-2H3,(H,14,15)(H,16,17)/t8-/m1/s1. The third-order valence-electron chi connectivity index (χ3n) is 2.32. The highest BCUT2D eigenvalue weighted by Gasteiger charge is 2.12. The molecule has 98 valence electrons. The van der Waals surface area contributed by atoms with Crippen molar-refractivity contribution in [3.8, 4) is 0 Å². The smallest absolute Gasteiger partial charge is 0.320 e. The van der Waals surface area contributed by atoms with Crippen LogP contribution in [0.1, 0.15) is 6.92 Å². The van der Waals surface area contributed by atoms with E-state index >= 15 is 0 Å². The molecule has 0 spiro atoms. The zero-order valence-corrected chi connectivity index (χ0v) is 11.1. The Morgan fingerprint density at radius 3 is 2.67 bits per heavy atom. The quantitative estimate of drug-likeness (QED) is 0.680. The van der Waals surface area contributed by atoms with Crippen LogP contribution in [0.4, 0.5) is 5.69 Å². The number of para-hydroxylation sites is 1. The molecule has 1 atom stereocenters. The second-order valence-corrected chi connectivity index (χ2v) is 4.54. The summed E-state index contributed by atoms with van der Waals surface area (Å²) in [6.07, 6.45) is 1.93. The van der Waals surface area contributed by atoms with Crippen molar-refractivity contribution in [1.29, 1.82) is 0 Å². The van der Waals surface area contributed by atoms with Crippen LogP contribution in [-0.2, 0) is 9.59 Å². The van der Waals surface area contributed by atoms with E-state index in [1.165, 1.54) is 18.7 Å². The van der Waals surface area contributed by atoms with E-state index in [2.05, 4.69) is 10.6 Å². The SMILES string of the molecule is CSc1ccccc1NC(=O)CN[C@H](C)C(=O)O. The molecular formula is C12H16N2O3S. The first-order chi connectivity index (χ1) is 8.54. The lowest BCUT2D eigenvalue weighted by atomic mass is 10.3. The predicted octanol–water partition coefficient (Wildman–Crippen LogP) is 1.41. The molecule has 1 rings (SSSR count). The molecule has 3 N–H and O–H groups in total. The summed E-state index contributed by atoms with van der Waals surface area (Å²) in [5.41, 5.74) is 0.736. The summed E-state index contributed by atoms with van der Waals surface area (Å²) >= 11 is 1.54. The summed E-state index contributed by atoms with van der Waals surface area (Å²) in [5, 5.41) is 14.0. The first-order valence-electron chi connectivity index (χ1n) is 5.43. The maximum atomic E-state index is 11.6. The maximum absolute atomic E-state index is 11.6. The van der Waals surface area contributed by atoms with Crippen LogP contribution in [0.25, 0.3) is 0 Å². The molecule has 5 nitrogen and oxygen atoms in total. The molecule has 0 aromatic heterocycles. The number of carbonyl (C=O) groups excluding carboxylic acids is 1. The lowest BCUT2D eigenvalue weighted by molar-refractivity contribution is -0.139. The van der Waals surface area contributed by atoms with Crippen molar-refractivity contribution in [3.05, 3.63) is 24.3 Å². The fourth-order valence-corrected chi connectivity index (χ4v) is 1.83. The zero-order chi connectivity index (χ0) is 13.5. The molecule has 1 aromatic rings. The molecule has 0 radical (unpaired) electrons. The Balaban J connectivity index is 2.52. The summed E-state index contributed by atoms with van der Waals surface area (Å²) in [4.78, 5) is 23.2. The number of amides is 1. The van der Waals surface area contributed by atoms with Crippen LogP contribution in [-0.4, -0.2) is 35.8 Å². The van der Waals surface area contributed by atoms with Gasteiger partial charge in [0.25, 0.3) is 0 Å². The Labute approximate surface area is 110 Å². The fourth-order valence-electron chi connectivity index (χ4n) is 1.28. The highest BCUT2D eigenvalue weighted by atomic mass is 32.2. The van der Waals surface area contributed by atoms with Gasteiger partial charge in [0.15, 0.2) is 0 Å². The van der Waals surface area contributed by atoms with E-state index in [1.807, 2.05) is 30.5 Å². The third kappa shape index (κ3) is 4.38. The summed E-state index contributed by atoms with van der Waals surface area (Å²) < 4.78 is 0. The monoisotopic (exact) mass is 268 g/mol. The maximum Gasteiger partial charge on any atom is 0.320 e. The molecule has 0 unspecified atom stereocenters. The van der Waals surface area contributed by atoms with Crippen LogP contribution in [0.2, 0.25) is 0 Å². The molecule has 0 aliphatic heterocycles. The molecular weight excluding hydrogens is 252 g/mol. The number of hydrogen-bond donors (Lipinski definition) is 3. The Morgan fingerprint density at radius 2 is 2.06 bits per heavy atom. The number of carbonyl (C=O) groups is 2. The minimum Gasteiger partial charge on any atom is -0.480 e. The van der Waals surface area contributed by atoms with Crippen molar-refractivity contribution >= 4 is 29.3 Å². The molecule has 0 aliphatic carbocycles. The number of aliphatic carboxylic acids is 1. The third-order valence-corrected chi connectivity index (χ3v) is 3.12. The van der Waals surface area contributed by atoms with E-state index in [1.54, 1.807) is 0 Å². The topological polar surface area (TPSA) is 78.4 Å². The molecule has 1 aromatic carbocycles. The van der Waals surface area contributed by atoms with Gasteiger partial charge in [0.05, 0.1) is 12.2 Å². The van der Waals surface area contributed by atoms with E-state index in [9.17, 15) is 9.59 Å². The molecule has 0 bridgehead atoms. The van der Waals surface area contributed by atoms with Gasteiger partial charge in [0.2, 0.25) is 5.91 Å². The van der Waals surface area contributed by atoms with Crippen LogP contribution in [0.15, 0.2) is 29.2 Å². The predicted molar refractivity (Wildman–Crippen MR) is 72.0 cm³/mol. The van der Waals surface area contributed by atoms with Crippen molar-refractivity contribution in [2.75, 3.05) is 18.1 Å². The van der Waals surface area contributed by atoms with Gasteiger partial charge in [-0.15, -0.1) is 11.8 Å². The number of nitrogens with one attached hydrogen (secondary N) is 2. The summed E-state index contributed by atoms with van der Waals surface area (Å²) in [6, 6.07) is 6.71. The first-order valence-corrected chi connectivity index (χ1v) is 6.66. The van der Waals surface area contributed by atoms with Crippen LogP contribution in [0, 0.1) is 0 Å². The summed E-state index contributed by atoms with van der Waals surface area (Å²) in [7, 11) is 0. The van der Waals surface area contributed by atoms with Crippen molar-refractivity contribution in [3.63, 3.8) is 0 Å². The second kappa shape index (κ2) is 7.03. The van der Waals surface area contributed by atoms with Crippen molar-refractivity contribution in [2.45, 2.75) is 17.9 Å². The average Bonchev–Trinajstić information content (AvgIpc) is 2.36. The van der Waals surface area contributed by atoms with Gasteiger partial charge in [-0.25, -0.2) is 0 Å². The normalized spacial score (nSPS) is 11.9. The first kappa shape index (κ1) is 14.5. The lowest BCUT2D eigenvalue weighted by Gasteiger charge is -2.11. The molecule has 0 aliphatic rings. The van der Waals surface area contributed by atoms with Gasteiger partial charge in [-0.3, -0.25) is 14.9 Å². The van der Waals surface area contributed by atoms with Crippen LogP contribution < -0.4 is 10.6 Å². The number of carboxylic acids is 1. The van der Waals surface area contributed by atoms with Gasteiger partial charge >= 0.3 is 5.97 Å². The highest BCUT2D eigenvalue weighted by molar-refractivity contribution is 7.98. The number of hydrogen-bond acceptors (Lipinski definition) is 4. The Kier molecular flexibility index (Phi) is 5.67. The Bertz CT molecular complexity index is 437. The Morgan fingerprint density at radius 1 is 1.39 bits per heavy atom. The Hall–Kier alpha value is -1.53. The number of thioether (sulfide) groups is 1. The van der Waals surface area contributed by atoms with E-state index in [0.29, 0.717) is 0 Å². The zero-order valence-electron chi connectivity index (χ0n) is 10.3. The minimum atomic E-state index is -0.979. The molecule has 1 amide bonds.